The Kier molecular flexibility index (Phi) is 6.87. The summed E-state index contributed by atoms with van der Waals surface area (Å²) in [6.45, 7) is 12.2. The van der Waals surface area contributed by atoms with Crippen molar-refractivity contribution in [3.05, 3.63) is 28.2 Å². The smallest absolute Gasteiger partial charge is 0.0511 e. The second-order valence-electron chi connectivity index (χ2n) is 6.01. The van der Waals surface area contributed by atoms with E-state index in [1.807, 2.05) is 7.05 Å². The monoisotopic (exact) mass is 326 g/mol. The van der Waals surface area contributed by atoms with Crippen molar-refractivity contribution in [2.24, 2.45) is 11.8 Å². The van der Waals surface area contributed by atoms with Gasteiger partial charge in [-0.3, -0.25) is 0 Å². The van der Waals surface area contributed by atoms with Gasteiger partial charge in [-0.15, -0.1) is 0 Å². The second-order valence-corrected chi connectivity index (χ2v) is 6.86. The molecule has 0 saturated carbocycles. The van der Waals surface area contributed by atoms with Gasteiger partial charge in [-0.2, -0.15) is 0 Å². The molecule has 0 amide bonds. The molecule has 1 N–H and O–H groups in total. The summed E-state index contributed by atoms with van der Waals surface area (Å²) in [6.07, 6.45) is 0. The highest BCUT2D eigenvalue weighted by Crippen LogP contribution is 2.28. The third-order valence-electron chi connectivity index (χ3n) is 2.90. The van der Waals surface area contributed by atoms with Gasteiger partial charge in [0, 0.05) is 24.1 Å². The fraction of sp³-hybridized carbons (Fsp3) is 0.625. The van der Waals surface area contributed by atoms with Crippen LogP contribution in [0.15, 0.2) is 22.7 Å². The first kappa shape index (κ1) is 16.5. The molecule has 3 heteroatoms. The summed E-state index contributed by atoms with van der Waals surface area (Å²) in [7, 11) is 1.98. The van der Waals surface area contributed by atoms with Gasteiger partial charge in [0.25, 0.3) is 0 Å². The predicted octanol–water partition coefficient (Wildman–Crippen LogP) is 4.29. The standard InChI is InChI=1S/C16H27BrN2/c1-12(2)10-19(11-13(3)4)16-7-6-14(9-18-5)8-15(16)17/h6-8,12-13,18H,9-11H2,1-5H3. The van der Waals surface area contributed by atoms with Gasteiger partial charge in [0.2, 0.25) is 0 Å². The first-order valence-corrected chi connectivity index (χ1v) is 7.91. The Morgan fingerprint density at radius 2 is 1.68 bits per heavy atom. The maximum Gasteiger partial charge on any atom is 0.0511 e. The molecule has 1 aromatic carbocycles. The van der Waals surface area contributed by atoms with Crippen molar-refractivity contribution in [1.82, 2.24) is 5.32 Å². The van der Waals surface area contributed by atoms with Crippen molar-refractivity contribution in [1.29, 1.82) is 0 Å². The molecular weight excluding hydrogens is 300 g/mol. The van der Waals surface area contributed by atoms with Gasteiger partial charge < -0.3 is 10.2 Å². The minimum absolute atomic E-state index is 0.669. The molecule has 0 aliphatic heterocycles. The molecule has 0 saturated heterocycles. The Morgan fingerprint density at radius 3 is 2.11 bits per heavy atom. The van der Waals surface area contributed by atoms with Gasteiger partial charge >= 0.3 is 0 Å². The molecule has 0 bridgehead atoms. The highest BCUT2D eigenvalue weighted by Gasteiger charge is 2.13. The van der Waals surface area contributed by atoms with Crippen LogP contribution in [-0.4, -0.2) is 20.1 Å². The predicted molar refractivity (Wildman–Crippen MR) is 88.8 cm³/mol. The lowest BCUT2D eigenvalue weighted by Crippen LogP contribution is -2.31. The van der Waals surface area contributed by atoms with E-state index in [-0.39, 0.29) is 0 Å². The zero-order chi connectivity index (χ0) is 14.4. The number of halogens is 1. The summed E-state index contributed by atoms with van der Waals surface area (Å²) in [5.41, 5.74) is 2.62. The van der Waals surface area contributed by atoms with Crippen LogP contribution in [0.3, 0.4) is 0 Å². The summed E-state index contributed by atoms with van der Waals surface area (Å²) in [5, 5.41) is 3.19. The number of nitrogens with one attached hydrogen (secondary N) is 1. The Bertz CT molecular complexity index is 378. The second kappa shape index (κ2) is 7.91. The van der Waals surface area contributed by atoms with Crippen LogP contribution in [0.25, 0.3) is 0 Å². The molecule has 0 radical (unpaired) electrons. The van der Waals surface area contributed by atoms with Crippen LogP contribution < -0.4 is 10.2 Å². The molecule has 0 aliphatic carbocycles. The van der Waals surface area contributed by atoms with Crippen molar-refractivity contribution in [2.45, 2.75) is 34.2 Å². The van der Waals surface area contributed by atoms with Gasteiger partial charge in [0.1, 0.15) is 0 Å². The van der Waals surface area contributed by atoms with E-state index in [4.69, 9.17) is 0 Å². The fourth-order valence-electron chi connectivity index (χ4n) is 2.27. The van der Waals surface area contributed by atoms with Crippen LogP contribution in [0.5, 0.6) is 0 Å². The van der Waals surface area contributed by atoms with Crippen LogP contribution in [0.2, 0.25) is 0 Å². The lowest BCUT2D eigenvalue weighted by Gasteiger charge is -2.29. The molecule has 1 aromatic rings. The lowest BCUT2D eigenvalue weighted by atomic mass is 10.1. The largest absolute Gasteiger partial charge is 0.370 e. The number of hydrogen-bond acceptors (Lipinski definition) is 2. The van der Waals surface area contributed by atoms with Crippen molar-refractivity contribution in [3.8, 4) is 0 Å². The first-order valence-electron chi connectivity index (χ1n) is 7.12. The van der Waals surface area contributed by atoms with E-state index in [1.54, 1.807) is 0 Å². The number of benzene rings is 1. The van der Waals surface area contributed by atoms with Crippen molar-refractivity contribution >= 4 is 21.6 Å². The van der Waals surface area contributed by atoms with Crippen LogP contribution in [0.1, 0.15) is 33.3 Å². The SMILES string of the molecule is CNCc1ccc(N(CC(C)C)CC(C)C)c(Br)c1. The van der Waals surface area contributed by atoms with E-state index in [0.717, 1.165) is 19.6 Å². The highest BCUT2D eigenvalue weighted by molar-refractivity contribution is 9.10. The molecule has 0 heterocycles. The summed E-state index contributed by atoms with van der Waals surface area (Å²) < 4.78 is 1.20. The lowest BCUT2D eigenvalue weighted by molar-refractivity contribution is 0.552. The van der Waals surface area contributed by atoms with Crippen LogP contribution in [-0.2, 0) is 6.54 Å². The summed E-state index contributed by atoms with van der Waals surface area (Å²) in [5.74, 6) is 1.34. The molecule has 0 atom stereocenters. The number of hydrogen-bond donors (Lipinski definition) is 1. The maximum atomic E-state index is 3.73. The average molecular weight is 327 g/mol. The van der Waals surface area contributed by atoms with E-state index in [0.29, 0.717) is 11.8 Å². The minimum Gasteiger partial charge on any atom is -0.370 e. The zero-order valence-electron chi connectivity index (χ0n) is 12.8. The average Bonchev–Trinajstić information content (AvgIpc) is 2.27. The number of rotatable bonds is 7. The summed E-state index contributed by atoms with van der Waals surface area (Å²) in [6, 6.07) is 6.67. The molecule has 19 heavy (non-hydrogen) atoms. The van der Waals surface area contributed by atoms with E-state index in [2.05, 4.69) is 72.0 Å². The van der Waals surface area contributed by atoms with E-state index >= 15 is 0 Å². The van der Waals surface area contributed by atoms with E-state index in [9.17, 15) is 0 Å². The summed E-state index contributed by atoms with van der Waals surface area (Å²) in [4.78, 5) is 2.49. The highest BCUT2D eigenvalue weighted by atomic mass is 79.9. The Labute approximate surface area is 126 Å². The van der Waals surface area contributed by atoms with Gasteiger partial charge in [0.15, 0.2) is 0 Å². The molecule has 0 fully saturated rings. The van der Waals surface area contributed by atoms with Crippen molar-refractivity contribution in [2.75, 3.05) is 25.0 Å². The summed E-state index contributed by atoms with van der Waals surface area (Å²) >= 11 is 3.73. The van der Waals surface area contributed by atoms with Crippen molar-refractivity contribution in [3.63, 3.8) is 0 Å². The van der Waals surface area contributed by atoms with Crippen LogP contribution in [0.4, 0.5) is 5.69 Å². The Balaban J connectivity index is 2.94. The molecule has 108 valence electrons. The third kappa shape index (κ3) is 5.53. The molecule has 0 spiro atoms. The quantitative estimate of drug-likeness (QED) is 0.804. The number of nitrogens with zero attached hydrogens (tertiary/aromatic N) is 1. The van der Waals surface area contributed by atoms with Crippen LogP contribution in [0, 0.1) is 11.8 Å². The topological polar surface area (TPSA) is 15.3 Å². The molecule has 0 aliphatic rings. The molecular formula is C16H27BrN2. The molecule has 0 unspecified atom stereocenters. The zero-order valence-corrected chi connectivity index (χ0v) is 14.4. The van der Waals surface area contributed by atoms with Crippen molar-refractivity contribution < 1.29 is 0 Å². The number of anilines is 1. The molecule has 2 nitrogen and oxygen atoms in total. The normalized spacial score (nSPS) is 11.4. The molecule has 1 rings (SSSR count). The van der Waals surface area contributed by atoms with E-state index in [1.165, 1.54) is 15.7 Å². The van der Waals surface area contributed by atoms with Gasteiger partial charge in [-0.1, -0.05) is 33.8 Å². The molecule has 0 aromatic heterocycles. The Hall–Kier alpha value is -0.540. The van der Waals surface area contributed by atoms with Gasteiger partial charge in [-0.05, 0) is 52.5 Å². The van der Waals surface area contributed by atoms with Crippen LogP contribution >= 0.6 is 15.9 Å². The maximum absolute atomic E-state index is 3.73. The first-order chi connectivity index (χ1) is 8.93. The van der Waals surface area contributed by atoms with E-state index < -0.39 is 0 Å². The van der Waals surface area contributed by atoms with Gasteiger partial charge in [-0.25, -0.2) is 0 Å². The minimum atomic E-state index is 0.669. The third-order valence-corrected chi connectivity index (χ3v) is 3.54. The van der Waals surface area contributed by atoms with Gasteiger partial charge in [0.05, 0.1) is 5.69 Å². The Morgan fingerprint density at radius 1 is 1.11 bits per heavy atom. The fourth-order valence-corrected chi connectivity index (χ4v) is 2.95.